The number of benzene rings is 1. The van der Waals surface area contributed by atoms with Crippen molar-refractivity contribution in [1.29, 1.82) is 0 Å². The van der Waals surface area contributed by atoms with Gasteiger partial charge in [-0.05, 0) is 30.2 Å². The van der Waals surface area contributed by atoms with Gasteiger partial charge in [-0.1, -0.05) is 18.2 Å². The first-order chi connectivity index (χ1) is 10.2. The van der Waals surface area contributed by atoms with Gasteiger partial charge in [0, 0.05) is 6.54 Å². The highest BCUT2D eigenvalue weighted by Crippen LogP contribution is 2.11. The summed E-state index contributed by atoms with van der Waals surface area (Å²) in [6.07, 6.45) is 1.60. The van der Waals surface area contributed by atoms with E-state index >= 15 is 0 Å². The van der Waals surface area contributed by atoms with Gasteiger partial charge in [0.2, 0.25) is 0 Å². The van der Waals surface area contributed by atoms with Crippen molar-refractivity contribution < 1.29 is 13.9 Å². The summed E-state index contributed by atoms with van der Waals surface area (Å²) in [5.41, 5.74) is 1.46. The highest BCUT2D eigenvalue weighted by Gasteiger charge is 2.02. The maximum Gasteiger partial charge on any atom is 0.412 e. The largest absolute Gasteiger partial charge is 0.453 e. The Bertz CT molecular complexity index is 602. The van der Waals surface area contributed by atoms with Gasteiger partial charge >= 0.3 is 6.09 Å². The number of nitrogens with one attached hydrogen (secondary N) is 2. The lowest BCUT2D eigenvalue weighted by atomic mass is 10.1. The number of aromatic nitrogens is 1. The van der Waals surface area contributed by atoms with Gasteiger partial charge in [-0.25, -0.2) is 14.2 Å². The first kappa shape index (κ1) is 14.8. The number of rotatable bonds is 5. The summed E-state index contributed by atoms with van der Waals surface area (Å²) in [6, 6.07) is 10.1. The van der Waals surface area contributed by atoms with Crippen LogP contribution in [0.4, 0.5) is 20.7 Å². The van der Waals surface area contributed by atoms with Gasteiger partial charge in [0.15, 0.2) is 0 Å². The molecule has 0 saturated carbocycles. The second kappa shape index (κ2) is 7.23. The summed E-state index contributed by atoms with van der Waals surface area (Å²) in [6.45, 7) is 0.590. The van der Waals surface area contributed by atoms with Crippen LogP contribution >= 0.6 is 0 Å². The average Bonchev–Trinajstić information content (AvgIpc) is 2.51. The maximum absolute atomic E-state index is 13.4. The number of pyridine rings is 1. The topological polar surface area (TPSA) is 63.2 Å². The Morgan fingerprint density at radius 2 is 2.10 bits per heavy atom. The Morgan fingerprint density at radius 3 is 2.76 bits per heavy atom. The van der Waals surface area contributed by atoms with Crippen molar-refractivity contribution in [3.63, 3.8) is 0 Å². The molecule has 1 aromatic carbocycles. The number of ether oxygens (including phenoxy) is 1. The van der Waals surface area contributed by atoms with E-state index in [1.165, 1.54) is 13.2 Å². The lowest BCUT2D eigenvalue weighted by molar-refractivity contribution is 0.187. The van der Waals surface area contributed by atoms with Gasteiger partial charge in [-0.2, -0.15) is 0 Å². The third kappa shape index (κ3) is 4.45. The molecule has 0 aliphatic rings. The van der Waals surface area contributed by atoms with Crippen LogP contribution in [0.2, 0.25) is 0 Å². The molecule has 0 saturated heterocycles. The number of hydrogen-bond donors (Lipinski definition) is 2. The summed E-state index contributed by atoms with van der Waals surface area (Å²) in [5.74, 6) is 0.205. The van der Waals surface area contributed by atoms with Crippen LogP contribution in [0.5, 0.6) is 0 Å². The fraction of sp³-hybridized carbons (Fsp3) is 0.200. The normalized spacial score (nSPS) is 10.0. The molecule has 2 rings (SSSR count). The van der Waals surface area contributed by atoms with E-state index in [0.717, 1.165) is 5.69 Å². The summed E-state index contributed by atoms with van der Waals surface area (Å²) in [5, 5.41) is 5.60. The molecular formula is C15H16FN3O2. The third-order valence-electron chi connectivity index (χ3n) is 2.86. The van der Waals surface area contributed by atoms with Gasteiger partial charge < -0.3 is 10.1 Å². The lowest BCUT2D eigenvalue weighted by Gasteiger charge is -2.08. The maximum atomic E-state index is 13.4. The number of amides is 1. The number of hydrogen-bond acceptors (Lipinski definition) is 4. The van der Waals surface area contributed by atoms with Gasteiger partial charge in [-0.3, -0.25) is 5.32 Å². The minimum atomic E-state index is -0.567. The molecule has 0 aliphatic carbocycles. The van der Waals surface area contributed by atoms with Crippen LogP contribution in [0.1, 0.15) is 5.56 Å². The lowest BCUT2D eigenvalue weighted by Crippen LogP contribution is -2.12. The Balaban J connectivity index is 1.84. The molecule has 0 spiro atoms. The summed E-state index contributed by atoms with van der Waals surface area (Å²) >= 11 is 0. The molecule has 21 heavy (non-hydrogen) atoms. The Hall–Kier alpha value is -2.63. The summed E-state index contributed by atoms with van der Waals surface area (Å²) in [7, 11) is 1.29. The van der Waals surface area contributed by atoms with Crippen LogP contribution in [0.15, 0.2) is 42.6 Å². The number of methoxy groups -OCH3 is 1. The molecule has 1 heterocycles. The van der Waals surface area contributed by atoms with Crippen molar-refractivity contribution in [1.82, 2.24) is 4.98 Å². The van der Waals surface area contributed by atoms with Crippen molar-refractivity contribution in [2.24, 2.45) is 0 Å². The average molecular weight is 289 g/mol. The molecule has 5 nitrogen and oxygen atoms in total. The number of carbonyl (C=O) groups is 1. The fourth-order valence-corrected chi connectivity index (χ4v) is 1.77. The van der Waals surface area contributed by atoms with Crippen molar-refractivity contribution in [3.05, 3.63) is 54.0 Å². The Morgan fingerprint density at radius 1 is 1.29 bits per heavy atom. The fourth-order valence-electron chi connectivity index (χ4n) is 1.77. The minimum Gasteiger partial charge on any atom is -0.453 e. The van der Waals surface area contributed by atoms with Crippen molar-refractivity contribution in [2.75, 3.05) is 24.3 Å². The summed E-state index contributed by atoms with van der Waals surface area (Å²) < 4.78 is 17.9. The predicted octanol–water partition coefficient (Wildman–Crippen LogP) is 3.05. The van der Waals surface area contributed by atoms with E-state index in [2.05, 4.69) is 20.4 Å². The van der Waals surface area contributed by atoms with E-state index in [1.807, 2.05) is 6.07 Å². The Labute approximate surface area is 122 Å². The minimum absolute atomic E-state index is 0.199. The van der Waals surface area contributed by atoms with Gasteiger partial charge in [0.1, 0.15) is 11.6 Å². The molecule has 0 unspecified atom stereocenters. The van der Waals surface area contributed by atoms with E-state index in [0.29, 0.717) is 24.3 Å². The van der Waals surface area contributed by atoms with Crippen LogP contribution < -0.4 is 10.6 Å². The molecule has 110 valence electrons. The SMILES string of the molecule is COC(=O)Nc1ccc(NCCc2ccccc2F)cn1. The zero-order chi connectivity index (χ0) is 15.1. The number of halogens is 1. The van der Waals surface area contributed by atoms with Crippen molar-refractivity contribution in [3.8, 4) is 0 Å². The van der Waals surface area contributed by atoms with Gasteiger partial charge in [-0.15, -0.1) is 0 Å². The van der Waals surface area contributed by atoms with E-state index in [4.69, 9.17) is 0 Å². The first-order valence-electron chi connectivity index (χ1n) is 6.47. The highest BCUT2D eigenvalue weighted by molar-refractivity contribution is 5.83. The second-order valence-electron chi connectivity index (χ2n) is 4.32. The third-order valence-corrected chi connectivity index (χ3v) is 2.86. The van der Waals surface area contributed by atoms with E-state index < -0.39 is 6.09 Å². The van der Waals surface area contributed by atoms with E-state index in [9.17, 15) is 9.18 Å². The monoisotopic (exact) mass is 289 g/mol. The van der Waals surface area contributed by atoms with Crippen LogP contribution in [0.25, 0.3) is 0 Å². The predicted molar refractivity (Wildman–Crippen MR) is 78.9 cm³/mol. The Kier molecular flexibility index (Phi) is 5.09. The van der Waals surface area contributed by atoms with Crippen LogP contribution in [0, 0.1) is 5.82 Å². The molecule has 0 fully saturated rings. The van der Waals surface area contributed by atoms with E-state index in [-0.39, 0.29) is 5.82 Å². The molecule has 1 aromatic heterocycles. The number of nitrogens with zero attached hydrogens (tertiary/aromatic N) is 1. The highest BCUT2D eigenvalue weighted by atomic mass is 19.1. The summed E-state index contributed by atoms with van der Waals surface area (Å²) in [4.78, 5) is 15.1. The zero-order valence-electron chi connectivity index (χ0n) is 11.6. The quantitative estimate of drug-likeness (QED) is 0.888. The second-order valence-corrected chi connectivity index (χ2v) is 4.32. The molecule has 0 atom stereocenters. The molecule has 2 aromatic rings. The molecule has 1 amide bonds. The van der Waals surface area contributed by atoms with Crippen LogP contribution in [-0.2, 0) is 11.2 Å². The van der Waals surface area contributed by atoms with Crippen molar-refractivity contribution in [2.45, 2.75) is 6.42 Å². The molecule has 0 aliphatic heterocycles. The van der Waals surface area contributed by atoms with Crippen LogP contribution in [0.3, 0.4) is 0 Å². The molecule has 0 radical (unpaired) electrons. The molecule has 6 heteroatoms. The smallest absolute Gasteiger partial charge is 0.412 e. The number of carbonyl (C=O) groups excluding carboxylic acids is 1. The first-order valence-corrected chi connectivity index (χ1v) is 6.47. The molecular weight excluding hydrogens is 273 g/mol. The van der Waals surface area contributed by atoms with Crippen molar-refractivity contribution >= 4 is 17.6 Å². The molecule has 2 N–H and O–H groups in total. The van der Waals surface area contributed by atoms with Crippen LogP contribution in [-0.4, -0.2) is 24.7 Å². The van der Waals surface area contributed by atoms with Gasteiger partial charge in [0.05, 0.1) is 19.0 Å². The number of anilines is 2. The van der Waals surface area contributed by atoms with Gasteiger partial charge in [0.25, 0.3) is 0 Å². The standard InChI is InChI=1S/C15H16FN3O2/c1-21-15(20)19-14-7-6-12(10-18-14)17-9-8-11-4-2-3-5-13(11)16/h2-7,10,17H,8-9H2,1H3,(H,18,19,20). The zero-order valence-corrected chi connectivity index (χ0v) is 11.6. The van der Waals surface area contributed by atoms with E-state index in [1.54, 1.807) is 30.5 Å². The molecule has 0 bridgehead atoms.